The summed E-state index contributed by atoms with van der Waals surface area (Å²) in [6.45, 7) is 3.88. The lowest BCUT2D eigenvalue weighted by atomic mass is 10.0. The summed E-state index contributed by atoms with van der Waals surface area (Å²) in [7, 11) is 0. The number of hydrogen-bond donors (Lipinski definition) is 0. The fourth-order valence-corrected chi connectivity index (χ4v) is 3.48. The van der Waals surface area contributed by atoms with Crippen molar-refractivity contribution in [2.75, 3.05) is 6.54 Å². The van der Waals surface area contributed by atoms with Gasteiger partial charge in [0.2, 0.25) is 0 Å². The molecule has 0 saturated carbocycles. The first-order valence-corrected chi connectivity index (χ1v) is 9.15. The molecule has 0 aromatic heterocycles. The molecule has 27 heavy (non-hydrogen) atoms. The largest absolute Gasteiger partial charge is 0.475 e. The highest BCUT2D eigenvalue weighted by molar-refractivity contribution is 6.30. The number of nitrogens with zero attached hydrogens (tertiary/aromatic N) is 2. The molecule has 140 valence electrons. The van der Waals surface area contributed by atoms with Gasteiger partial charge in [-0.3, -0.25) is 4.79 Å². The van der Waals surface area contributed by atoms with Crippen molar-refractivity contribution in [3.63, 3.8) is 0 Å². The molecule has 1 fully saturated rings. The van der Waals surface area contributed by atoms with E-state index >= 15 is 0 Å². The Kier molecular flexibility index (Phi) is 5.38. The minimum absolute atomic E-state index is 0.0467. The number of benzene rings is 2. The minimum atomic E-state index is -1.25. The number of carbonyl (C=O) groups excluding carboxylic acids is 1. The predicted molar refractivity (Wildman–Crippen MR) is 101 cm³/mol. The molecule has 0 aliphatic carbocycles. The van der Waals surface area contributed by atoms with Gasteiger partial charge in [0.15, 0.2) is 17.2 Å². The Hall–Kier alpha value is -2.58. The van der Waals surface area contributed by atoms with Crippen molar-refractivity contribution >= 4 is 17.5 Å². The molecule has 0 bridgehead atoms. The van der Waals surface area contributed by atoms with Gasteiger partial charge in [0.25, 0.3) is 5.91 Å². The standard InChI is InChI=1S/C21H20ClFN2O2/c1-21(2,27-19-10-5-14(13-24)12-17(19)23)20(26)25-11-3-4-18(25)15-6-8-16(22)9-7-15/h5-10,12,18H,3-4,11H2,1-2H3. The Morgan fingerprint density at radius 3 is 2.63 bits per heavy atom. The summed E-state index contributed by atoms with van der Waals surface area (Å²) in [5, 5.41) is 9.49. The molecule has 0 N–H and O–H groups in total. The fraction of sp³-hybridized carbons (Fsp3) is 0.333. The second-order valence-corrected chi connectivity index (χ2v) is 7.51. The molecule has 1 saturated heterocycles. The van der Waals surface area contributed by atoms with Crippen LogP contribution < -0.4 is 4.74 Å². The fourth-order valence-electron chi connectivity index (χ4n) is 3.36. The number of rotatable bonds is 4. The summed E-state index contributed by atoms with van der Waals surface area (Å²) in [5.74, 6) is -0.913. The van der Waals surface area contributed by atoms with E-state index in [1.807, 2.05) is 30.3 Å². The van der Waals surface area contributed by atoms with Crippen molar-refractivity contribution in [2.24, 2.45) is 0 Å². The van der Waals surface area contributed by atoms with E-state index in [9.17, 15) is 9.18 Å². The van der Waals surface area contributed by atoms with Gasteiger partial charge < -0.3 is 9.64 Å². The first-order valence-electron chi connectivity index (χ1n) is 8.77. The monoisotopic (exact) mass is 386 g/mol. The van der Waals surface area contributed by atoms with Crippen LogP contribution in [0.4, 0.5) is 4.39 Å². The van der Waals surface area contributed by atoms with Crippen molar-refractivity contribution in [2.45, 2.75) is 38.3 Å². The van der Waals surface area contributed by atoms with Crippen LogP contribution >= 0.6 is 11.6 Å². The normalized spacial score (nSPS) is 16.9. The number of hydrogen-bond acceptors (Lipinski definition) is 3. The maximum atomic E-state index is 14.2. The summed E-state index contributed by atoms with van der Waals surface area (Å²) < 4.78 is 19.9. The summed E-state index contributed by atoms with van der Waals surface area (Å²) in [6, 6.07) is 13.2. The third-order valence-corrected chi connectivity index (χ3v) is 4.96. The van der Waals surface area contributed by atoms with Crippen LogP contribution in [0, 0.1) is 17.1 Å². The van der Waals surface area contributed by atoms with Crippen LogP contribution in [0.5, 0.6) is 5.75 Å². The molecule has 1 aliphatic rings. The molecule has 0 spiro atoms. The number of carbonyl (C=O) groups is 1. The molecule has 1 aliphatic heterocycles. The number of amides is 1. The molecule has 1 amide bonds. The Labute approximate surface area is 163 Å². The quantitative estimate of drug-likeness (QED) is 0.753. The third kappa shape index (κ3) is 4.06. The van der Waals surface area contributed by atoms with Gasteiger partial charge >= 0.3 is 0 Å². The van der Waals surface area contributed by atoms with E-state index < -0.39 is 11.4 Å². The zero-order valence-electron chi connectivity index (χ0n) is 15.2. The van der Waals surface area contributed by atoms with Gasteiger partial charge in [0.05, 0.1) is 17.7 Å². The lowest BCUT2D eigenvalue weighted by molar-refractivity contribution is -0.146. The molecule has 1 unspecified atom stereocenters. The van der Waals surface area contributed by atoms with Crippen LogP contribution in [0.15, 0.2) is 42.5 Å². The van der Waals surface area contributed by atoms with E-state index in [2.05, 4.69) is 0 Å². The van der Waals surface area contributed by atoms with Gasteiger partial charge in [0, 0.05) is 11.6 Å². The van der Waals surface area contributed by atoms with E-state index in [1.54, 1.807) is 18.7 Å². The van der Waals surface area contributed by atoms with E-state index in [0.29, 0.717) is 11.6 Å². The number of ether oxygens (including phenoxy) is 1. The van der Waals surface area contributed by atoms with Gasteiger partial charge in [-0.25, -0.2) is 4.39 Å². The van der Waals surface area contributed by atoms with Crippen LogP contribution in [0.25, 0.3) is 0 Å². The first kappa shape index (κ1) is 19.2. The van der Waals surface area contributed by atoms with E-state index in [4.69, 9.17) is 21.6 Å². The second-order valence-electron chi connectivity index (χ2n) is 7.08. The maximum absolute atomic E-state index is 14.2. The topological polar surface area (TPSA) is 53.3 Å². The van der Waals surface area contributed by atoms with Crippen molar-refractivity contribution < 1.29 is 13.9 Å². The summed E-state index contributed by atoms with van der Waals surface area (Å²) in [5.41, 5.74) is -0.0266. The molecule has 6 heteroatoms. The minimum Gasteiger partial charge on any atom is -0.475 e. The number of halogens is 2. The van der Waals surface area contributed by atoms with Crippen LogP contribution in [-0.4, -0.2) is 23.0 Å². The van der Waals surface area contributed by atoms with Crippen molar-refractivity contribution in [3.8, 4) is 11.8 Å². The van der Waals surface area contributed by atoms with Gasteiger partial charge in [-0.05, 0) is 62.6 Å². The Morgan fingerprint density at radius 1 is 1.30 bits per heavy atom. The first-order chi connectivity index (χ1) is 12.8. The highest BCUT2D eigenvalue weighted by atomic mass is 35.5. The van der Waals surface area contributed by atoms with Crippen LogP contribution in [0.3, 0.4) is 0 Å². The van der Waals surface area contributed by atoms with Crippen molar-refractivity contribution in [1.29, 1.82) is 5.26 Å². The molecule has 1 atom stereocenters. The third-order valence-electron chi connectivity index (χ3n) is 4.71. The van der Waals surface area contributed by atoms with Crippen molar-refractivity contribution in [1.82, 2.24) is 4.90 Å². The molecule has 2 aromatic rings. The van der Waals surface area contributed by atoms with E-state index in [1.165, 1.54) is 12.1 Å². The zero-order chi connectivity index (χ0) is 19.6. The molecule has 1 heterocycles. The second kappa shape index (κ2) is 7.58. The maximum Gasteiger partial charge on any atom is 0.266 e. The summed E-state index contributed by atoms with van der Waals surface area (Å²) in [6.07, 6.45) is 1.75. The highest BCUT2D eigenvalue weighted by Crippen LogP contribution is 2.35. The highest BCUT2D eigenvalue weighted by Gasteiger charge is 2.40. The molecule has 4 nitrogen and oxygen atoms in total. The lowest BCUT2D eigenvalue weighted by Gasteiger charge is -2.33. The Balaban J connectivity index is 1.80. The van der Waals surface area contributed by atoms with Crippen molar-refractivity contribution in [3.05, 3.63) is 64.4 Å². The lowest BCUT2D eigenvalue weighted by Crippen LogP contribution is -2.48. The molecule has 2 aromatic carbocycles. The zero-order valence-corrected chi connectivity index (χ0v) is 16.0. The van der Waals surface area contributed by atoms with Gasteiger partial charge in [-0.1, -0.05) is 23.7 Å². The van der Waals surface area contributed by atoms with Crippen LogP contribution in [0.2, 0.25) is 5.02 Å². The molecule has 0 radical (unpaired) electrons. The average Bonchev–Trinajstić information content (AvgIpc) is 3.12. The summed E-state index contributed by atoms with van der Waals surface area (Å²) in [4.78, 5) is 14.9. The summed E-state index contributed by atoms with van der Waals surface area (Å²) >= 11 is 5.96. The van der Waals surface area contributed by atoms with Gasteiger partial charge in [-0.2, -0.15) is 5.26 Å². The molecular formula is C21H20ClFN2O2. The average molecular weight is 387 g/mol. The predicted octanol–water partition coefficient (Wildman–Crippen LogP) is 4.87. The molecule has 3 rings (SSSR count). The SMILES string of the molecule is CC(C)(Oc1ccc(C#N)cc1F)C(=O)N1CCCC1c1ccc(Cl)cc1. The van der Waals surface area contributed by atoms with Crippen LogP contribution in [0.1, 0.15) is 43.9 Å². The Morgan fingerprint density at radius 2 is 2.00 bits per heavy atom. The van der Waals surface area contributed by atoms with E-state index in [-0.39, 0.29) is 23.3 Å². The Bertz CT molecular complexity index is 890. The van der Waals surface area contributed by atoms with Gasteiger partial charge in [-0.15, -0.1) is 0 Å². The van der Waals surface area contributed by atoms with Gasteiger partial charge in [0.1, 0.15) is 0 Å². The smallest absolute Gasteiger partial charge is 0.266 e. The number of nitriles is 1. The molecular weight excluding hydrogens is 367 g/mol. The van der Waals surface area contributed by atoms with E-state index in [0.717, 1.165) is 24.5 Å². The van der Waals surface area contributed by atoms with Crippen LogP contribution in [-0.2, 0) is 4.79 Å². The number of likely N-dealkylation sites (tertiary alicyclic amines) is 1.